The van der Waals surface area contributed by atoms with Gasteiger partial charge in [-0.3, -0.25) is 14.8 Å². The highest BCUT2D eigenvalue weighted by atomic mass is 16.3. The molecule has 0 aliphatic carbocycles. The second-order valence-electron chi connectivity index (χ2n) is 3.69. The first-order valence-electron chi connectivity index (χ1n) is 5.86. The number of aliphatic hydroxyl groups excluding tert-OH is 1. The number of Topliss-reactive ketones (excluding diaryl/α,β-unsaturated/α-hetero) is 1. The van der Waals surface area contributed by atoms with Crippen LogP contribution in [0, 0.1) is 0 Å². The van der Waals surface area contributed by atoms with Crippen molar-refractivity contribution in [3.05, 3.63) is 11.8 Å². The molecule has 3 N–H and O–H groups in total. The van der Waals surface area contributed by atoms with Crippen LogP contribution in [0.4, 0.5) is 5.82 Å². The predicted octanol–water partition coefficient (Wildman–Crippen LogP) is 0.337. The number of hydrogen-bond donors (Lipinski definition) is 3. The van der Waals surface area contributed by atoms with Crippen LogP contribution in [0.5, 0.6) is 0 Å². The molecule has 2 heterocycles. The minimum atomic E-state index is -0.271. The number of H-pyrrole nitrogens is 1. The summed E-state index contributed by atoms with van der Waals surface area (Å²) in [7, 11) is 1.75. The molecule has 1 aromatic rings. The minimum absolute atomic E-state index is 0.00380. The van der Waals surface area contributed by atoms with Gasteiger partial charge in [-0.2, -0.15) is 5.10 Å². The Morgan fingerprint density at radius 2 is 2.29 bits per heavy atom. The molecule has 0 amide bonds. The Morgan fingerprint density at radius 3 is 2.76 bits per heavy atom. The molecule has 0 atom stereocenters. The van der Waals surface area contributed by atoms with Crippen LogP contribution in [0.15, 0.2) is 6.07 Å². The highest BCUT2D eigenvalue weighted by molar-refractivity contribution is 5.96. The Labute approximate surface area is 101 Å². The van der Waals surface area contributed by atoms with E-state index in [4.69, 9.17) is 5.11 Å². The van der Waals surface area contributed by atoms with Gasteiger partial charge in [0.25, 0.3) is 0 Å². The van der Waals surface area contributed by atoms with Crippen molar-refractivity contribution in [1.29, 1.82) is 0 Å². The fourth-order valence-corrected chi connectivity index (χ4v) is 1.55. The molecule has 0 bridgehead atoms. The Hall–Kier alpha value is -1.40. The van der Waals surface area contributed by atoms with Crippen LogP contribution in [0.25, 0.3) is 0 Å². The van der Waals surface area contributed by atoms with Crippen LogP contribution < -0.4 is 5.32 Å². The smallest absolute Gasteiger partial charge is 0.194 e. The number of carbonyl (C=O) groups excluding carboxylic acids is 1. The van der Waals surface area contributed by atoms with Crippen molar-refractivity contribution in [3.8, 4) is 0 Å². The number of nitrogens with one attached hydrogen (secondary N) is 2. The number of ketones is 1. The van der Waals surface area contributed by atoms with E-state index in [1.54, 1.807) is 13.1 Å². The zero-order valence-corrected chi connectivity index (χ0v) is 10.5. The molecule has 6 heteroatoms. The summed E-state index contributed by atoms with van der Waals surface area (Å²) in [6, 6.07) is 1.68. The lowest BCUT2D eigenvalue weighted by atomic mass is 10.1. The molecule has 1 aliphatic heterocycles. The van der Waals surface area contributed by atoms with Crippen molar-refractivity contribution in [2.24, 2.45) is 0 Å². The van der Waals surface area contributed by atoms with Crippen LogP contribution in [0.2, 0.25) is 0 Å². The normalized spacial score (nSPS) is 15.8. The van der Waals surface area contributed by atoms with Gasteiger partial charge in [0.15, 0.2) is 5.78 Å². The summed E-state index contributed by atoms with van der Waals surface area (Å²) >= 11 is 0. The summed E-state index contributed by atoms with van der Waals surface area (Å²) in [4.78, 5) is 13.6. The highest BCUT2D eigenvalue weighted by Gasteiger charge is 2.26. The summed E-state index contributed by atoms with van der Waals surface area (Å²) < 4.78 is 0. The van der Waals surface area contributed by atoms with E-state index >= 15 is 0 Å². The number of aliphatic hydroxyl groups is 1. The number of rotatable bonds is 4. The van der Waals surface area contributed by atoms with Gasteiger partial charge in [0.05, 0.1) is 12.6 Å². The van der Waals surface area contributed by atoms with E-state index in [1.807, 2.05) is 18.7 Å². The van der Waals surface area contributed by atoms with Crippen LogP contribution in [0.1, 0.15) is 24.3 Å². The molecule has 0 spiro atoms. The average Bonchev–Trinajstić information content (AvgIpc) is 2.78. The number of nitrogens with zero attached hydrogens (tertiary/aromatic N) is 2. The summed E-state index contributed by atoms with van der Waals surface area (Å²) in [5, 5.41) is 18.5. The molecule has 17 heavy (non-hydrogen) atoms. The van der Waals surface area contributed by atoms with Crippen molar-refractivity contribution in [2.75, 3.05) is 32.0 Å². The van der Waals surface area contributed by atoms with Gasteiger partial charge in [-0.1, -0.05) is 13.8 Å². The van der Waals surface area contributed by atoms with Gasteiger partial charge in [-0.05, 0) is 0 Å². The van der Waals surface area contributed by atoms with Gasteiger partial charge in [-0.15, -0.1) is 0 Å². The van der Waals surface area contributed by atoms with Gasteiger partial charge in [0.1, 0.15) is 11.5 Å². The van der Waals surface area contributed by atoms with Crippen LogP contribution in [0.3, 0.4) is 0 Å². The zero-order chi connectivity index (χ0) is 12.8. The molecule has 0 unspecified atom stereocenters. The van der Waals surface area contributed by atoms with Gasteiger partial charge in [-0.25, -0.2) is 0 Å². The number of likely N-dealkylation sites (tertiary alicyclic amines) is 1. The Kier molecular flexibility index (Phi) is 5.11. The van der Waals surface area contributed by atoms with Crippen LogP contribution >= 0.6 is 0 Å². The van der Waals surface area contributed by atoms with Crippen LogP contribution in [-0.4, -0.2) is 58.8 Å². The molecule has 1 fully saturated rings. The molecule has 0 saturated carbocycles. The van der Waals surface area contributed by atoms with E-state index in [0.29, 0.717) is 31.1 Å². The number of hydrogen-bond acceptors (Lipinski definition) is 5. The predicted molar refractivity (Wildman–Crippen MR) is 66.3 cm³/mol. The third kappa shape index (κ3) is 3.54. The standard InChI is InChI=1S/C9H14N4O2.C2H6/c1-10-9-2-7(11-12-9)8(15)5-13-3-6(14)4-13;1-2/h2,6,14H,3-5H2,1H3,(H2,10,11,12);1-2H3. The van der Waals surface area contributed by atoms with Gasteiger partial charge < -0.3 is 10.4 Å². The number of aromatic nitrogens is 2. The Bertz CT molecular complexity index is 358. The SMILES string of the molecule is CC.CNc1cc(C(=O)CN2CC(O)C2)[nH]n1. The van der Waals surface area contributed by atoms with Crippen molar-refractivity contribution in [1.82, 2.24) is 15.1 Å². The van der Waals surface area contributed by atoms with E-state index in [2.05, 4.69) is 15.5 Å². The maximum absolute atomic E-state index is 11.7. The van der Waals surface area contributed by atoms with Crippen LogP contribution in [-0.2, 0) is 0 Å². The number of anilines is 1. The maximum Gasteiger partial charge on any atom is 0.194 e. The lowest BCUT2D eigenvalue weighted by molar-refractivity contribution is 0.00505. The second-order valence-corrected chi connectivity index (χ2v) is 3.69. The van der Waals surface area contributed by atoms with Crippen molar-refractivity contribution in [2.45, 2.75) is 20.0 Å². The van der Waals surface area contributed by atoms with E-state index in [-0.39, 0.29) is 11.9 Å². The first-order valence-corrected chi connectivity index (χ1v) is 5.86. The third-order valence-electron chi connectivity index (χ3n) is 2.44. The molecule has 1 aromatic heterocycles. The second kappa shape index (κ2) is 6.36. The molecule has 1 aliphatic rings. The minimum Gasteiger partial charge on any atom is -0.390 e. The van der Waals surface area contributed by atoms with E-state index in [0.717, 1.165) is 0 Å². The zero-order valence-electron chi connectivity index (χ0n) is 10.5. The summed E-state index contributed by atoms with van der Waals surface area (Å²) in [5.74, 6) is 0.651. The first kappa shape index (κ1) is 13.7. The summed E-state index contributed by atoms with van der Waals surface area (Å²) in [6.45, 7) is 5.50. The summed E-state index contributed by atoms with van der Waals surface area (Å²) in [5.41, 5.74) is 0.501. The van der Waals surface area contributed by atoms with Gasteiger partial charge >= 0.3 is 0 Å². The number of carbonyl (C=O) groups is 1. The molecule has 0 aromatic carbocycles. The molecule has 96 valence electrons. The van der Waals surface area contributed by atoms with Crippen molar-refractivity contribution >= 4 is 11.6 Å². The fourth-order valence-electron chi connectivity index (χ4n) is 1.55. The lowest BCUT2D eigenvalue weighted by Crippen LogP contribution is -2.52. The van der Waals surface area contributed by atoms with E-state index in [1.165, 1.54) is 0 Å². The first-order chi connectivity index (χ1) is 8.19. The molecule has 1 saturated heterocycles. The lowest BCUT2D eigenvalue weighted by Gasteiger charge is -2.34. The monoisotopic (exact) mass is 240 g/mol. The Morgan fingerprint density at radius 1 is 1.65 bits per heavy atom. The van der Waals surface area contributed by atoms with E-state index in [9.17, 15) is 4.79 Å². The number of aromatic amines is 1. The third-order valence-corrected chi connectivity index (χ3v) is 2.44. The summed E-state index contributed by atoms with van der Waals surface area (Å²) in [6.07, 6.45) is -0.271. The van der Waals surface area contributed by atoms with Gasteiger partial charge in [0.2, 0.25) is 0 Å². The molecule has 2 rings (SSSR count). The van der Waals surface area contributed by atoms with Crippen molar-refractivity contribution < 1.29 is 9.90 Å². The molecular formula is C11H20N4O2. The molecule has 0 radical (unpaired) electrons. The fraction of sp³-hybridized carbons (Fsp3) is 0.636. The largest absolute Gasteiger partial charge is 0.390 e. The van der Waals surface area contributed by atoms with Crippen molar-refractivity contribution in [3.63, 3.8) is 0 Å². The topological polar surface area (TPSA) is 81.3 Å². The molecule has 6 nitrogen and oxygen atoms in total. The average molecular weight is 240 g/mol. The number of β-amino-alcohol motifs (C(OH)–C–C–N with tert-alkyl or cyclic N) is 1. The van der Waals surface area contributed by atoms with Gasteiger partial charge in [0, 0.05) is 26.2 Å². The Balaban J connectivity index is 0.000000686. The van der Waals surface area contributed by atoms with E-state index < -0.39 is 0 Å². The highest BCUT2D eigenvalue weighted by Crippen LogP contribution is 2.10. The maximum atomic E-state index is 11.7. The molecular weight excluding hydrogens is 220 g/mol. The quantitative estimate of drug-likeness (QED) is 0.661.